The first-order valence-corrected chi connectivity index (χ1v) is 10.4. The van der Waals surface area contributed by atoms with E-state index < -0.39 is 0 Å². The zero-order valence-corrected chi connectivity index (χ0v) is 17.3. The smallest absolute Gasteiger partial charge is 0.317 e. The number of carbonyl (C=O) groups is 1. The Morgan fingerprint density at radius 2 is 2.15 bits per heavy atom. The van der Waals surface area contributed by atoms with Crippen LogP contribution in [0.3, 0.4) is 0 Å². The van der Waals surface area contributed by atoms with Crippen molar-refractivity contribution in [3.63, 3.8) is 0 Å². The van der Waals surface area contributed by atoms with Crippen molar-refractivity contribution in [3.05, 3.63) is 33.9 Å². The van der Waals surface area contributed by atoms with Crippen LogP contribution in [-0.4, -0.2) is 59.6 Å². The number of H-pyrrole nitrogens is 1. The molecule has 0 saturated carbocycles. The Balaban J connectivity index is 1.63. The Morgan fingerprint density at radius 1 is 1.38 bits per heavy atom. The lowest BCUT2D eigenvalue weighted by molar-refractivity contribution is 0.124. The third kappa shape index (κ3) is 2.83. The number of aromatic amines is 1. The van der Waals surface area contributed by atoms with E-state index in [1.165, 1.54) is 22.0 Å². The summed E-state index contributed by atoms with van der Waals surface area (Å²) in [6.45, 7) is 6.45. The first-order chi connectivity index (χ1) is 12.5. The number of aromatic nitrogens is 1. The van der Waals surface area contributed by atoms with Crippen LogP contribution in [-0.2, 0) is 6.42 Å². The summed E-state index contributed by atoms with van der Waals surface area (Å²) in [5.74, 6) is 0.453. The second-order valence-corrected chi connectivity index (χ2v) is 8.35. The number of fused-ring (bicyclic) bond motifs is 2. The van der Waals surface area contributed by atoms with Crippen LogP contribution in [0.2, 0.25) is 0 Å². The van der Waals surface area contributed by atoms with Gasteiger partial charge >= 0.3 is 6.03 Å². The van der Waals surface area contributed by atoms with Crippen LogP contribution in [0, 0.1) is 0 Å². The van der Waals surface area contributed by atoms with Gasteiger partial charge in [0.2, 0.25) is 0 Å². The number of piperidine rings is 1. The number of carbonyl (C=O) groups excluding carboxylic acids is 1. The van der Waals surface area contributed by atoms with E-state index in [0.29, 0.717) is 12.0 Å². The van der Waals surface area contributed by atoms with E-state index >= 15 is 0 Å². The highest BCUT2D eigenvalue weighted by molar-refractivity contribution is 9.10. The molecule has 2 N–H and O–H groups in total. The molecule has 0 unspecified atom stereocenters. The molecule has 1 fully saturated rings. The summed E-state index contributed by atoms with van der Waals surface area (Å²) in [6.07, 6.45) is 2.05. The summed E-state index contributed by atoms with van der Waals surface area (Å²) in [6, 6.07) is 7.30. The zero-order valence-electron chi connectivity index (χ0n) is 15.7. The number of hydrogen-bond acceptors (Lipinski definition) is 2. The lowest BCUT2D eigenvalue weighted by atomic mass is 9.74. The number of nitrogens with one attached hydrogen (secondary N) is 2. The molecule has 1 aliphatic heterocycles. The molecule has 0 bridgehead atoms. The van der Waals surface area contributed by atoms with Gasteiger partial charge in [0.05, 0.1) is 4.60 Å². The Hall–Kier alpha value is -1.53. The Kier molecular flexibility index (Phi) is 4.73. The Bertz CT molecular complexity index is 829. The summed E-state index contributed by atoms with van der Waals surface area (Å²) >= 11 is 3.71. The molecular weight excluding hydrogens is 392 g/mol. The Labute approximate surface area is 163 Å². The quantitative estimate of drug-likeness (QED) is 0.798. The van der Waals surface area contributed by atoms with Gasteiger partial charge in [-0.05, 0) is 66.9 Å². The van der Waals surface area contributed by atoms with Crippen molar-refractivity contribution >= 4 is 32.9 Å². The average Bonchev–Trinajstić information content (AvgIpc) is 2.94. The topological polar surface area (TPSA) is 51.4 Å². The van der Waals surface area contributed by atoms with E-state index in [2.05, 4.69) is 56.4 Å². The average molecular weight is 419 g/mol. The van der Waals surface area contributed by atoms with E-state index in [-0.39, 0.29) is 12.1 Å². The molecule has 2 aliphatic rings. The minimum atomic E-state index is 0.0611. The van der Waals surface area contributed by atoms with Gasteiger partial charge in [-0.1, -0.05) is 12.1 Å². The molecule has 1 aromatic heterocycles. The van der Waals surface area contributed by atoms with Crippen LogP contribution in [0.15, 0.2) is 22.8 Å². The van der Waals surface area contributed by atoms with E-state index in [9.17, 15) is 4.79 Å². The van der Waals surface area contributed by atoms with Gasteiger partial charge in [-0.15, -0.1) is 0 Å². The molecule has 6 heteroatoms. The van der Waals surface area contributed by atoms with Gasteiger partial charge < -0.3 is 20.1 Å². The highest BCUT2D eigenvalue weighted by Gasteiger charge is 2.40. The number of benzene rings is 1. The minimum absolute atomic E-state index is 0.0611. The van der Waals surface area contributed by atoms with Gasteiger partial charge in [0.15, 0.2) is 0 Å². The van der Waals surface area contributed by atoms with E-state index in [4.69, 9.17) is 0 Å². The van der Waals surface area contributed by atoms with E-state index in [0.717, 1.165) is 37.1 Å². The Morgan fingerprint density at radius 3 is 2.88 bits per heavy atom. The van der Waals surface area contributed by atoms with Crippen molar-refractivity contribution in [3.8, 4) is 0 Å². The predicted molar refractivity (Wildman–Crippen MR) is 109 cm³/mol. The standard InChI is InChI=1S/C20H27BrN4O/c1-4-25(5-2)20(26)22-12-9-14-13-7-6-8-16-18(13)15(19(21)23-16)10-17(14)24(3)11-12/h6-8,12,14,17,23H,4-5,9-11H2,1-3H3,(H,22,26)/t12-,14-,17-/m1/s1. The number of nitrogens with zero attached hydrogens (tertiary/aromatic N) is 2. The second kappa shape index (κ2) is 6.89. The largest absolute Gasteiger partial charge is 0.349 e. The normalized spacial score (nSPS) is 25.2. The van der Waals surface area contributed by atoms with Crippen molar-refractivity contribution in [2.75, 3.05) is 26.7 Å². The maximum absolute atomic E-state index is 12.5. The molecule has 1 saturated heterocycles. The van der Waals surface area contributed by atoms with Gasteiger partial charge in [-0.3, -0.25) is 0 Å². The molecule has 0 spiro atoms. The van der Waals surface area contributed by atoms with E-state index in [1.54, 1.807) is 0 Å². The molecular formula is C20H27BrN4O. The summed E-state index contributed by atoms with van der Waals surface area (Å²) in [4.78, 5) is 20.3. The molecule has 1 aromatic carbocycles. The van der Waals surface area contributed by atoms with Crippen molar-refractivity contribution in [1.82, 2.24) is 20.1 Å². The van der Waals surface area contributed by atoms with Crippen LogP contribution in [0.25, 0.3) is 10.9 Å². The van der Waals surface area contributed by atoms with Crippen molar-refractivity contribution in [2.24, 2.45) is 0 Å². The molecule has 3 atom stereocenters. The van der Waals surface area contributed by atoms with Gasteiger partial charge in [0.1, 0.15) is 0 Å². The summed E-state index contributed by atoms with van der Waals surface area (Å²) in [5, 5.41) is 4.65. The lowest BCUT2D eigenvalue weighted by Gasteiger charge is -2.46. The molecule has 26 heavy (non-hydrogen) atoms. The molecule has 2 heterocycles. The summed E-state index contributed by atoms with van der Waals surface area (Å²) in [7, 11) is 2.19. The van der Waals surface area contributed by atoms with E-state index in [1.807, 2.05) is 18.7 Å². The number of urea groups is 1. The van der Waals surface area contributed by atoms with Crippen LogP contribution in [0.5, 0.6) is 0 Å². The van der Waals surface area contributed by atoms with Crippen molar-refractivity contribution in [2.45, 2.75) is 44.7 Å². The monoisotopic (exact) mass is 418 g/mol. The molecule has 0 radical (unpaired) electrons. The van der Waals surface area contributed by atoms with Crippen LogP contribution >= 0.6 is 15.9 Å². The lowest BCUT2D eigenvalue weighted by Crippen LogP contribution is -2.56. The van der Waals surface area contributed by atoms with Gasteiger partial charge in [-0.2, -0.15) is 0 Å². The van der Waals surface area contributed by atoms with Gasteiger partial charge in [0.25, 0.3) is 0 Å². The molecule has 4 rings (SSSR count). The fourth-order valence-electron chi connectivity index (χ4n) is 4.87. The minimum Gasteiger partial charge on any atom is -0.349 e. The second-order valence-electron chi connectivity index (χ2n) is 7.56. The van der Waals surface area contributed by atoms with Gasteiger partial charge in [0, 0.05) is 48.5 Å². The summed E-state index contributed by atoms with van der Waals surface area (Å²) in [5.41, 5.74) is 4.03. The SMILES string of the molecule is CCN(CC)C(=O)N[C@@H]1C[C@@H]2c3cccc4[nH]c(Br)c(c34)C[C@H]2N(C)C1. The van der Waals surface area contributed by atoms with Crippen molar-refractivity contribution < 1.29 is 4.79 Å². The van der Waals surface area contributed by atoms with Crippen LogP contribution in [0.4, 0.5) is 4.79 Å². The predicted octanol–water partition coefficient (Wildman–Crippen LogP) is 3.69. The molecule has 140 valence electrons. The van der Waals surface area contributed by atoms with Crippen LogP contribution in [0.1, 0.15) is 37.3 Å². The third-order valence-corrected chi connectivity index (χ3v) is 6.85. The van der Waals surface area contributed by atoms with Gasteiger partial charge in [-0.25, -0.2) is 4.79 Å². The highest BCUT2D eigenvalue weighted by atomic mass is 79.9. The number of halogens is 1. The maximum Gasteiger partial charge on any atom is 0.317 e. The highest BCUT2D eigenvalue weighted by Crippen LogP contribution is 2.45. The number of hydrogen-bond donors (Lipinski definition) is 2. The molecule has 2 amide bonds. The third-order valence-electron chi connectivity index (χ3n) is 6.18. The fraction of sp³-hybridized carbons (Fsp3) is 0.550. The molecule has 2 aromatic rings. The number of likely N-dealkylation sites (N-methyl/N-ethyl adjacent to an activating group) is 1. The first-order valence-electron chi connectivity index (χ1n) is 9.58. The number of rotatable bonds is 3. The first kappa shape index (κ1) is 17.9. The molecule has 5 nitrogen and oxygen atoms in total. The van der Waals surface area contributed by atoms with Crippen molar-refractivity contribution in [1.29, 1.82) is 0 Å². The number of likely N-dealkylation sites (tertiary alicyclic amines) is 1. The number of amides is 2. The summed E-state index contributed by atoms with van der Waals surface area (Å²) < 4.78 is 1.11. The maximum atomic E-state index is 12.5. The molecule has 1 aliphatic carbocycles. The zero-order chi connectivity index (χ0) is 18.4. The fourth-order valence-corrected chi connectivity index (χ4v) is 5.44. The van der Waals surface area contributed by atoms with Crippen LogP contribution < -0.4 is 5.32 Å².